The molecule has 6 nitrogen and oxygen atoms in total. The fourth-order valence-corrected chi connectivity index (χ4v) is 4.58. The van der Waals surface area contributed by atoms with Crippen molar-refractivity contribution in [1.29, 1.82) is 0 Å². The number of carbonyl (C=O) groups excluding carboxylic acids is 2. The maximum atomic E-state index is 11.9. The summed E-state index contributed by atoms with van der Waals surface area (Å²) in [5.41, 5.74) is 0. The van der Waals surface area contributed by atoms with Gasteiger partial charge in [-0.1, -0.05) is 140 Å². The molecular weight excluding hydrogens is 552 g/mol. The molecule has 0 saturated carbocycles. The van der Waals surface area contributed by atoms with Gasteiger partial charge in [-0.15, -0.1) is 0 Å². The zero-order valence-electron chi connectivity index (χ0n) is 28.4. The molecule has 0 amide bonds. The Kier molecular flexibility index (Phi) is 30.6. The van der Waals surface area contributed by atoms with Crippen LogP contribution in [-0.2, 0) is 19.1 Å². The second-order valence-electron chi connectivity index (χ2n) is 12.3. The number of unbranched alkanes of at least 4 members (excludes halogenated alkanes) is 12. The molecule has 2 N–H and O–H groups in total. The number of hydrogen-bond donors (Lipinski definition) is 2. The Balaban J connectivity index is 3.67. The minimum absolute atomic E-state index is 0.157. The molecule has 0 aliphatic rings. The molecule has 0 aliphatic carbocycles. The molecule has 0 heterocycles. The van der Waals surface area contributed by atoms with E-state index in [2.05, 4.69) is 39.0 Å². The van der Waals surface area contributed by atoms with Gasteiger partial charge >= 0.3 is 11.9 Å². The van der Waals surface area contributed by atoms with Crippen molar-refractivity contribution in [3.63, 3.8) is 0 Å². The van der Waals surface area contributed by atoms with Crippen LogP contribution in [0.4, 0.5) is 0 Å². The third kappa shape index (κ3) is 32.7. The monoisotopic (exact) mass is 618 g/mol. The second kappa shape index (κ2) is 32.2. The van der Waals surface area contributed by atoms with Crippen molar-refractivity contribution in [3.05, 3.63) is 48.6 Å². The van der Waals surface area contributed by atoms with Crippen LogP contribution in [0.2, 0.25) is 0 Å². The lowest BCUT2D eigenvalue weighted by atomic mass is 10.0. The maximum Gasteiger partial charge on any atom is 0.305 e. The maximum absolute atomic E-state index is 11.9. The van der Waals surface area contributed by atoms with Gasteiger partial charge in [0.15, 0.2) is 0 Å². The summed E-state index contributed by atoms with van der Waals surface area (Å²) < 4.78 is 10.2. The van der Waals surface area contributed by atoms with Gasteiger partial charge in [-0.25, -0.2) is 0 Å². The molecule has 0 saturated heterocycles. The highest BCUT2D eigenvalue weighted by Gasteiger charge is 2.12. The molecule has 6 heteroatoms. The molecule has 0 spiro atoms. The van der Waals surface area contributed by atoms with Crippen LogP contribution in [-0.4, -0.2) is 47.6 Å². The molecule has 0 aromatic rings. The first-order valence-corrected chi connectivity index (χ1v) is 17.7. The van der Waals surface area contributed by atoms with Crippen LogP contribution >= 0.6 is 0 Å². The Morgan fingerprint density at radius 3 is 1.84 bits per heavy atom. The van der Waals surface area contributed by atoms with E-state index in [1.807, 2.05) is 24.3 Å². The summed E-state index contributed by atoms with van der Waals surface area (Å²) in [7, 11) is 0. The fraction of sp³-hybridized carbons (Fsp3) is 0.737. The predicted octanol–water partition coefficient (Wildman–Crippen LogP) is 9.50. The van der Waals surface area contributed by atoms with Crippen molar-refractivity contribution in [2.75, 3.05) is 13.2 Å². The van der Waals surface area contributed by atoms with E-state index in [9.17, 15) is 19.8 Å². The van der Waals surface area contributed by atoms with Gasteiger partial charge in [0.25, 0.3) is 0 Å². The largest absolute Gasteiger partial charge is 0.463 e. The van der Waals surface area contributed by atoms with Gasteiger partial charge in [-0.05, 0) is 50.9 Å². The summed E-state index contributed by atoms with van der Waals surface area (Å²) in [6.07, 6.45) is 34.8. The minimum atomic E-state index is -1.01. The summed E-state index contributed by atoms with van der Waals surface area (Å²) in [5.74, 6) is 0.114. The van der Waals surface area contributed by atoms with Crippen molar-refractivity contribution in [3.8, 4) is 0 Å². The Labute approximate surface area is 270 Å². The molecule has 0 aromatic heterocycles. The van der Waals surface area contributed by atoms with Crippen molar-refractivity contribution in [2.45, 2.75) is 161 Å². The Morgan fingerprint density at radius 1 is 0.636 bits per heavy atom. The zero-order valence-corrected chi connectivity index (χ0v) is 28.4. The Bertz CT molecular complexity index is 782. The first kappa shape index (κ1) is 41.8. The average Bonchev–Trinajstić information content (AvgIpc) is 3.00. The predicted molar refractivity (Wildman–Crippen MR) is 183 cm³/mol. The third-order valence-electron chi connectivity index (χ3n) is 7.33. The summed E-state index contributed by atoms with van der Waals surface area (Å²) in [4.78, 5) is 23.8. The molecule has 0 rings (SSSR count). The van der Waals surface area contributed by atoms with Gasteiger partial charge in [0, 0.05) is 12.8 Å². The highest BCUT2D eigenvalue weighted by molar-refractivity contribution is 5.69. The zero-order chi connectivity index (χ0) is 32.5. The van der Waals surface area contributed by atoms with Crippen LogP contribution in [0.1, 0.15) is 149 Å². The van der Waals surface area contributed by atoms with Crippen LogP contribution in [0, 0.1) is 5.92 Å². The molecule has 0 aliphatic heterocycles. The normalized spacial score (nSPS) is 13.6. The number of hydrogen-bond acceptors (Lipinski definition) is 6. The molecule has 0 radical (unpaired) electrons. The lowest BCUT2D eigenvalue weighted by molar-refractivity contribution is -0.152. The van der Waals surface area contributed by atoms with Crippen LogP contribution in [0.15, 0.2) is 48.6 Å². The molecule has 44 heavy (non-hydrogen) atoms. The molecule has 0 aromatic carbocycles. The summed E-state index contributed by atoms with van der Waals surface area (Å²) in [5, 5.41) is 20.0. The molecule has 0 fully saturated rings. The number of allylic oxidation sites excluding steroid dienone is 6. The first-order valence-electron chi connectivity index (χ1n) is 17.7. The summed E-state index contributed by atoms with van der Waals surface area (Å²) >= 11 is 0. The smallest absolute Gasteiger partial charge is 0.305 e. The van der Waals surface area contributed by atoms with Gasteiger partial charge in [0.2, 0.25) is 0 Å². The van der Waals surface area contributed by atoms with Gasteiger partial charge in [0.1, 0.15) is 19.3 Å². The van der Waals surface area contributed by atoms with E-state index >= 15 is 0 Å². The topological polar surface area (TPSA) is 93.1 Å². The van der Waals surface area contributed by atoms with Crippen LogP contribution < -0.4 is 0 Å². The van der Waals surface area contributed by atoms with E-state index in [1.54, 1.807) is 6.08 Å². The quantitative estimate of drug-likeness (QED) is 0.0360. The number of esters is 2. The number of carbonyl (C=O) groups is 2. The lowest BCUT2D eigenvalue weighted by Gasteiger charge is -2.12. The van der Waals surface area contributed by atoms with E-state index in [4.69, 9.17) is 9.47 Å². The standard InChI is InChI=1S/C38H66O6/c1-4-5-6-7-8-10-14-18-23-28-35(39)29-24-19-16-21-26-31-38(42)44-33-36(40)32-43-37(41)30-25-20-15-12-9-11-13-17-22-27-34(2)3/h8,10,16,18-19,23-24,29,34-36,39-40H,4-7,9,11-15,17,20-22,25-28,30-33H2,1-3H3/b10-8-,19-16+,23-18-,29-24-/t35?,36-/m0/s1. The number of aliphatic hydroxyl groups excluding tert-OH is 2. The molecule has 1 unspecified atom stereocenters. The molecular formula is C38H66O6. The molecule has 2 atom stereocenters. The fourth-order valence-electron chi connectivity index (χ4n) is 4.58. The minimum Gasteiger partial charge on any atom is -0.463 e. The summed E-state index contributed by atoms with van der Waals surface area (Å²) in [6, 6.07) is 0. The van der Waals surface area contributed by atoms with Crippen molar-refractivity contribution in [1.82, 2.24) is 0 Å². The van der Waals surface area contributed by atoms with Gasteiger partial charge in [-0.2, -0.15) is 0 Å². The van der Waals surface area contributed by atoms with E-state index in [-0.39, 0.29) is 31.6 Å². The number of rotatable bonds is 30. The van der Waals surface area contributed by atoms with Crippen LogP contribution in [0.5, 0.6) is 0 Å². The third-order valence-corrected chi connectivity index (χ3v) is 7.33. The summed E-state index contributed by atoms with van der Waals surface area (Å²) in [6.45, 7) is 6.44. The average molecular weight is 619 g/mol. The van der Waals surface area contributed by atoms with Gasteiger partial charge in [0.05, 0.1) is 6.10 Å². The molecule has 0 bridgehead atoms. The van der Waals surface area contributed by atoms with Crippen LogP contribution in [0.3, 0.4) is 0 Å². The highest BCUT2D eigenvalue weighted by Crippen LogP contribution is 2.13. The molecule has 254 valence electrons. The lowest BCUT2D eigenvalue weighted by Crippen LogP contribution is -2.25. The Morgan fingerprint density at radius 2 is 1.20 bits per heavy atom. The van der Waals surface area contributed by atoms with Crippen molar-refractivity contribution >= 4 is 11.9 Å². The van der Waals surface area contributed by atoms with Gasteiger partial charge in [-0.3, -0.25) is 9.59 Å². The number of aliphatic hydroxyl groups is 2. The van der Waals surface area contributed by atoms with E-state index < -0.39 is 12.2 Å². The van der Waals surface area contributed by atoms with E-state index in [1.165, 1.54) is 64.2 Å². The highest BCUT2D eigenvalue weighted by atomic mass is 16.6. The van der Waals surface area contributed by atoms with Crippen molar-refractivity contribution in [2.24, 2.45) is 5.92 Å². The van der Waals surface area contributed by atoms with Crippen LogP contribution in [0.25, 0.3) is 0 Å². The van der Waals surface area contributed by atoms with E-state index in [0.717, 1.165) is 38.0 Å². The Hall–Kier alpha value is -2.18. The van der Waals surface area contributed by atoms with Gasteiger partial charge < -0.3 is 19.7 Å². The SMILES string of the molecule is CCCCC/C=C\C/C=C\CC(O)/C=C\C=C\CCCC(=O)OC[C@@H](O)COC(=O)CCCCCCCCCCCC(C)C. The number of ether oxygens (including phenoxy) is 2. The van der Waals surface area contributed by atoms with E-state index in [0.29, 0.717) is 25.7 Å². The first-order chi connectivity index (χ1) is 21.3. The second-order valence-corrected chi connectivity index (χ2v) is 12.3. The van der Waals surface area contributed by atoms with Crippen molar-refractivity contribution < 1.29 is 29.3 Å².